The van der Waals surface area contributed by atoms with Crippen LogP contribution in [0.1, 0.15) is 29.2 Å². The molecule has 0 spiro atoms. The second kappa shape index (κ2) is 7.73. The Kier molecular flexibility index (Phi) is 5.40. The molecule has 2 amide bonds. The number of hydrogen-bond acceptors (Lipinski definition) is 2. The number of carbonyl (C=O) groups is 2. The molecule has 136 valence electrons. The highest BCUT2D eigenvalue weighted by atomic mass is 16.2. The summed E-state index contributed by atoms with van der Waals surface area (Å²) in [6, 6.07) is 15.7. The van der Waals surface area contributed by atoms with Gasteiger partial charge in [-0.15, -0.1) is 0 Å². The standard InChI is InChI=1S/C22H26N2O2/c1-16-9-10-17(2)20(13-16)14-21(25)24-12-11-23(22(26)18(24)3)15-19-7-5-4-6-8-19/h4-10,13,18H,11-12,14-15H2,1-3H3/t18-/m1/s1. The molecule has 0 bridgehead atoms. The van der Waals surface area contributed by atoms with Gasteiger partial charge in [-0.3, -0.25) is 9.59 Å². The first kappa shape index (κ1) is 18.2. The van der Waals surface area contributed by atoms with E-state index in [1.54, 1.807) is 4.90 Å². The van der Waals surface area contributed by atoms with Gasteiger partial charge in [-0.25, -0.2) is 0 Å². The van der Waals surface area contributed by atoms with Crippen molar-refractivity contribution in [1.29, 1.82) is 0 Å². The van der Waals surface area contributed by atoms with Crippen molar-refractivity contribution in [1.82, 2.24) is 9.80 Å². The van der Waals surface area contributed by atoms with Crippen LogP contribution in [0, 0.1) is 13.8 Å². The highest BCUT2D eigenvalue weighted by molar-refractivity contribution is 5.89. The lowest BCUT2D eigenvalue weighted by molar-refractivity contribution is -0.150. The zero-order valence-electron chi connectivity index (χ0n) is 15.7. The number of hydrogen-bond donors (Lipinski definition) is 0. The van der Waals surface area contributed by atoms with Crippen LogP contribution in [-0.4, -0.2) is 40.7 Å². The van der Waals surface area contributed by atoms with Crippen LogP contribution >= 0.6 is 0 Å². The first-order valence-electron chi connectivity index (χ1n) is 9.14. The van der Waals surface area contributed by atoms with Crippen molar-refractivity contribution in [3.05, 3.63) is 70.8 Å². The molecule has 0 N–H and O–H groups in total. The highest BCUT2D eigenvalue weighted by Gasteiger charge is 2.34. The molecular formula is C22H26N2O2. The topological polar surface area (TPSA) is 40.6 Å². The van der Waals surface area contributed by atoms with Crippen LogP contribution in [0.3, 0.4) is 0 Å². The van der Waals surface area contributed by atoms with E-state index in [-0.39, 0.29) is 11.8 Å². The first-order chi connectivity index (χ1) is 12.5. The third-order valence-electron chi connectivity index (χ3n) is 5.13. The minimum absolute atomic E-state index is 0.0226. The number of aryl methyl sites for hydroxylation is 2. The maximum absolute atomic E-state index is 12.8. The summed E-state index contributed by atoms with van der Waals surface area (Å²) in [7, 11) is 0. The van der Waals surface area contributed by atoms with Crippen molar-refractivity contribution in [2.45, 2.75) is 39.8 Å². The van der Waals surface area contributed by atoms with Crippen molar-refractivity contribution >= 4 is 11.8 Å². The van der Waals surface area contributed by atoms with E-state index < -0.39 is 6.04 Å². The second-order valence-electron chi connectivity index (χ2n) is 7.12. The minimum Gasteiger partial charge on any atom is -0.335 e. The van der Waals surface area contributed by atoms with Gasteiger partial charge in [0.05, 0.1) is 6.42 Å². The first-order valence-corrected chi connectivity index (χ1v) is 9.14. The van der Waals surface area contributed by atoms with Crippen LogP contribution in [0.25, 0.3) is 0 Å². The van der Waals surface area contributed by atoms with Crippen LogP contribution in [0.4, 0.5) is 0 Å². The molecule has 0 aliphatic carbocycles. The van der Waals surface area contributed by atoms with E-state index in [1.165, 1.54) is 0 Å². The molecule has 3 rings (SSSR count). The van der Waals surface area contributed by atoms with Crippen LogP contribution in [0.2, 0.25) is 0 Å². The number of rotatable bonds is 4. The van der Waals surface area contributed by atoms with E-state index in [0.29, 0.717) is 26.1 Å². The average Bonchev–Trinajstić information content (AvgIpc) is 2.63. The van der Waals surface area contributed by atoms with Gasteiger partial charge in [-0.1, -0.05) is 54.1 Å². The number of amides is 2. The molecule has 1 aliphatic rings. The SMILES string of the molecule is Cc1ccc(C)c(CC(=O)N2CCN(Cc3ccccc3)C(=O)[C@H]2C)c1. The molecule has 0 radical (unpaired) electrons. The van der Waals surface area contributed by atoms with Crippen molar-refractivity contribution in [2.24, 2.45) is 0 Å². The predicted octanol–water partition coefficient (Wildman–Crippen LogP) is 3.11. The summed E-state index contributed by atoms with van der Waals surface area (Å²) < 4.78 is 0. The van der Waals surface area contributed by atoms with Crippen molar-refractivity contribution in [3.8, 4) is 0 Å². The third kappa shape index (κ3) is 3.96. The van der Waals surface area contributed by atoms with Gasteiger partial charge in [0, 0.05) is 19.6 Å². The summed E-state index contributed by atoms with van der Waals surface area (Å²) in [5.41, 5.74) is 4.42. The third-order valence-corrected chi connectivity index (χ3v) is 5.13. The van der Waals surface area contributed by atoms with E-state index in [1.807, 2.05) is 62.1 Å². The maximum atomic E-state index is 12.8. The molecule has 2 aromatic carbocycles. The van der Waals surface area contributed by atoms with E-state index >= 15 is 0 Å². The van der Waals surface area contributed by atoms with Gasteiger partial charge in [0.1, 0.15) is 6.04 Å². The molecule has 1 atom stereocenters. The molecule has 1 fully saturated rings. The summed E-state index contributed by atoms with van der Waals surface area (Å²) in [6.45, 7) is 7.65. The van der Waals surface area contributed by atoms with E-state index in [2.05, 4.69) is 12.1 Å². The van der Waals surface area contributed by atoms with Crippen LogP contribution in [0.5, 0.6) is 0 Å². The Hall–Kier alpha value is -2.62. The van der Waals surface area contributed by atoms with Gasteiger partial charge in [-0.2, -0.15) is 0 Å². The minimum atomic E-state index is -0.412. The van der Waals surface area contributed by atoms with Crippen molar-refractivity contribution in [2.75, 3.05) is 13.1 Å². The van der Waals surface area contributed by atoms with Gasteiger partial charge >= 0.3 is 0 Å². The van der Waals surface area contributed by atoms with Crippen LogP contribution < -0.4 is 0 Å². The summed E-state index contributed by atoms with van der Waals surface area (Å²) in [6.07, 6.45) is 0.351. The maximum Gasteiger partial charge on any atom is 0.245 e. The molecule has 0 aromatic heterocycles. The summed E-state index contributed by atoms with van der Waals surface area (Å²) in [4.78, 5) is 29.1. The fourth-order valence-corrected chi connectivity index (χ4v) is 3.49. The van der Waals surface area contributed by atoms with Crippen LogP contribution in [0.15, 0.2) is 48.5 Å². The molecule has 0 unspecified atom stereocenters. The molecule has 1 heterocycles. The van der Waals surface area contributed by atoms with Crippen LogP contribution in [-0.2, 0) is 22.6 Å². The number of benzene rings is 2. The lowest BCUT2D eigenvalue weighted by atomic mass is 10.0. The summed E-state index contributed by atoms with van der Waals surface area (Å²) >= 11 is 0. The van der Waals surface area contributed by atoms with E-state index in [4.69, 9.17) is 0 Å². The Morgan fingerprint density at radius 3 is 2.54 bits per heavy atom. The number of carbonyl (C=O) groups excluding carboxylic acids is 2. The van der Waals surface area contributed by atoms with Crippen molar-refractivity contribution in [3.63, 3.8) is 0 Å². The Balaban J connectivity index is 1.66. The van der Waals surface area contributed by atoms with Gasteiger partial charge in [-0.05, 0) is 37.5 Å². The normalized spacial score (nSPS) is 17.5. The van der Waals surface area contributed by atoms with Crippen molar-refractivity contribution < 1.29 is 9.59 Å². The molecule has 4 nitrogen and oxygen atoms in total. The molecular weight excluding hydrogens is 324 g/mol. The summed E-state index contributed by atoms with van der Waals surface area (Å²) in [5.74, 6) is 0.0494. The second-order valence-corrected chi connectivity index (χ2v) is 7.12. The fourth-order valence-electron chi connectivity index (χ4n) is 3.49. The molecule has 1 saturated heterocycles. The Bertz CT molecular complexity index is 801. The zero-order valence-corrected chi connectivity index (χ0v) is 15.7. The Labute approximate surface area is 155 Å². The lowest BCUT2D eigenvalue weighted by Crippen LogP contribution is -2.57. The van der Waals surface area contributed by atoms with Gasteiger partial charge in [0.2, 0.25) is 11.8 Å². The Morgan fingerprint density at radius 2 is 1.81 bits per heavy atom. The van der Waals surface area contributed by atoms with Gasteiger partial charge < -0.3 is 9.80 Å². The smallest absolute Gasteiger partial charge is 0.245 e. The average molecular weight is 350 g/mol. The molecule has 2 aromatic rings. The largest absolute Gasteiger partial charge is 0.335 e. The highest BCUT2D eigenvalue weighted by Crippen LogP contribution is 2.18. The predicted molar refractivity (Wildman–Crippen MR) is 103 cm³/mol. The Morgan fingerprint density at radius 1 is 1.08 bits per heavy atom. The zero-order chi connectivity index (χ0) is 18.7. The molecule has 4 heteroatoms. The fraction of sp³-hybridized carbons (Fsp3) is 0.364. The van der Waals surface area contributed by atoms with Gasteiger partial charge in [0.25, 0.3) is 0 Å². The monoisotopic (exact) mass is 350 g/mol. The molecule has 1 aliphatic heterocycles. The molecule has 26 heavy (non-hydrogen) atoms. The van der Waals surface area contributed by atoms with E-state index in [0.717, 1.165) is 22.3 Å². The number of piperazine rings is 1. The van der Waals surface area contributed by atoms with Gasteiger partial charge in [0.15, 0.2) is 0 Å². The van der Waals surface area contributed by atoms with E-state index in [9.17, 15) is 9.59 Å². The summed E-state index contributed by atoms with van der Waals surface area (Å²) in [5, 5.41) is 0. The lowest BCUT2D eigenvalue weighted by Gasteiger charge is -2.39. The molecule has 0 saturated carbocycles. The number of nitrogens with zero attached hydrogens (tertiary/aromatic N) is 2. The quantitative estimate of drug-likeness (QED) is 0.850.